The Hall–Kier alpha value is -1.85. The molecule has 25 heavy (non-hydrogen) atoms. The van der Waals surface area contributed by atoms with E-state index in [1.54, 1.807) is 0 Å². The van der Waals surface area contributed by atoms with Crippen molar-refractivity contribution in [3.63, 3.8) is 0 Å². The van der Waals surface area contributed by atoms with Gasteiger partial charge in [-0.05, 0) is 36.1 Å². The number of imidazole rings is 1. The second kappa shape index (κ2) is 8.02. The first-order valence-electron chi connectivity index (χ1n) is 9.21. The molecule has 1 aromatic carbocycles. The third kappa shape index (κ3) is 4.22. The highest BCUT2D eigenvalue weighted by molar-refractivity contribution is 5.36. The predicted octanol–water partition coefficient (Wildman–Crippen LogP) is 2.88. The van der Waals surface area contributed by atoms with Gasteiger partial charge in [-0.25, -0.2) is 4.98 Å². The molecular formula is C20H30N4O. The van der Waals surface area contributed by atoms with Crippen LogP contribution in [0.2, 0.25) is 0 Å². The maximum atomic E-state index is 6.03. The molecule has 2 heterocycles. The van der Waals surface area contributed by atoms with Crippen molar-refractivity contribution in [1.82, 2.24) is 19.8 Å². The molecule has 0 saturated carbocycles. The van der Waals surface area contributed by atoms with Crippen LogP contribution in [0, 0.1) is 6.92 Å². The van der Waals surface area contributed by atoms with Crippen molar-refractivity contribution in [2.75, 3.05) is 32.8 Å². The van der Waals surface area contributed by atoms with Gasteiger partial charge in [-0.15, -0.1) is 0 Å². The number of rotatable bonds is 6. The Labute approximate surface area is 151 Å². The molecular weight excluding hydrogens is 312 g/mol. The van der Waals surface area contributed by atoms with E-state index >= 15 is 0 Å². The molecule has 1 aliphatic rings. The molecule has 0 spiro atoms. The van der Waals surface area contributed by atoms with E-state index in [-0.39, 0.29) is 0 Å². The van der Waals surface area contributed by atoms with Crippen molar-refractivity contribution in [3.05, 3.63) is 47.5 Å². The van der Waals surface area contributed by atoms with E-state index in [0.29, 0.717) is 18.6 Å². The molecule has 1 saturated heterocycles. The number of ether oxygens (including phenoxy) is 1. The van der Waals surface area contributed by atoms with Gasteiger partial charge in [0.25, 0.3) is 0 Å². The minimum atomic E-state index is 0.308. The number of nitrogens with zero attached hydrogens (tertiary/aromatic N) is 3. The lowest BCUT2D eigenvalue weighted by atomic mass is 9.98. The fourth-order valence-corrected chi connectivity index (χ4v) is 3.63. The first-order valence-corrected chi connectivity index (χ1v) is 9.21. The highest BCUT2D eigenvalue weighted by Gasteiger charge is 2.26. The van der Waals surface area contributed by atoms with Gasteiger partial charge in [0.05, 0.1) is 6.04 Å². The van der Waals surface area contributed by atoms with Crippen LogP contribution in [0.25, 0.3) is 0 Å². The number of benzene rings is 1. The Morgan fingerprint density at radius 2 is 2.20 bits per heavy atom. The van der Waals surface area contributed by atoms with Crippen molar-refractivity contribution < 1.29 is 4.74 Å². The van der Waals surface area contributed by atoms with Crippen LogP contribution in [0.1, 0.15) is 42.8 Å². The Bertz CT molecular complexity index is 695. The third-order valence-corrected chi connectivity index (χ3v) is 5.02. The van der Waals surface area contributed by atoms with Crippen LogP contribution in [-0.2, 0) is 7.05 Å². The lowest BCUT2D eigenvalue weighted by Crippen LogP contribution is -2.48. The van der Waals surface area contributed by atoms with Crippen LogP contribution < -0.4 is 10.1 Å². The molecule has 1 aliphatic heterocycles. The Morgan fingerprint density at radius 1 is 1.36 bits per heavy atom. The topological polar surface area (TPSA) is 42.3 Å². The van der Waals surface area contributed by atoms with Crippen molar-refractivity contribution in [3.8, 4) is 5.75 Å². The molecule has 3 rings (SSSR count). The summed E-state index contributed by atoms with van der Waals surface area (Å²) >= 11 is 0. The summed E-state index contributed by atoms with van der Waals surface area (Å²) in [6.07, 6.45) is 3.88. The first-order chi connectivity index (χ1) is 12.1. The van der Waals surface area contributed by atoms with Crippen molar-refractivity contribution >= 4 is 0 Å². The number of hydrogen-bond acceptors (Lipinski definition) is 4. The van der Waals surface area contributed by atoms with E-state index in [9.17, 15) is 0 Å². The average molecular weight is 342 g/mol. The molecule has 1 aromatic heterocycles. The number of aromatic nitrogens is 2. The van der Waals surface area contributed by atoms with E-state index in [2.05, 4.69) is 65.8 Å². The first kappa shape index (κ1) is 18.0. The smallest absolute Gasteiger partial charge is 0.127 e. The van der Waals surface area contributed by atoms with Crippen molar-refractivity contribution in [2.24, 2.45) is 7.05 Å². The average Bonchev–Trinajstić information content (AvgIpc) is 3.01. The lowest BCUT2D eigenvalue weighted by Gasteiger charge is -2.35. The molecule has 0 bridgehead atoms. The van der Waals surface area contributed by atoms with E-state index in [0.717, 1.165) is 37.8 Å². The van der Waals surface area contributed by atoms with Gasteiger partial charge >= 0.3 is 0 Å². The molecule has 2 aromatic rings. The Balaban J connectivity index is 1.59. The van der Waals surface area contributed by atoms with Crippen LogP contribution in [0.4, 0.5) is 0 Å². The second-order valence-corrected chi connectivity index (χ2v) is 7.17. The highest BCUT2D eigenvalue weighted by atomic mass is 16.5. The third-order valence-electron chi connectivity index (χ3n) is 5.02. The zero-order chi connectivity index (χ0) is 17.8. The molecule has 1 unspecified atom stereocenters. The molecule has 5 heteroatoms. The van der Waals surface area contributed by atoms with Gasteiger partial charge in [-0.3, -0.25) is 4.90 Å². The summed E-state index contributed by atoms with van der Waals surface area (Å²) in [7, 11) is 2.06. The Kier molecular flexibility index (Phi) is 5.76. The fourth-order valence-electron chi connectivity index (χ4n) is 3.63. The van der Waals surface area contributed by atoms with Gasteiger partial charge < -0.3 is 14.6 Å². The maximum absolute atomic E-state index is 6.03. The molecule has 0 radical (unpaired) electrons. The summed E-state index contributed by atoms with van der Waals surface area (Å²) in [5, 5.41) is 3.48. The SMILES string of the molecule is Cc1cc(OCCN2CCNCC2c2nccn2C)ccc1C(C)C. The van der Waals surface area contributed by atoms with Gasteiger partial charge in [-0.1, -0.05) is 19.9 Å². The van der Waals surface area contributed by atoms with Gasteiger partial charge in [0, 0.05) is 45.6 Å². The number of hydrogen-bond donors (Lipinski definition) is 1. The van der Waals surface area contributed by atoms with E-state index in [4.69, 9.17) is 4.74 Å². The largest absolute Gasteiger partial charge is 0.492 e. The van der Waals surface area contributed by atoms with Gasteiger partial charge in [-0.2, -0.15) is 0 Å². The van der Waals surface area contributed by atoms with E-state index in [1.165, 1.54) is 11.1 Å². The van der Waals surface area contributed by atoms with Crippen LogP contribution >= 0.6 is 0 Å². The van der Waals surface area contributed by atoms with Crippen LogP contribution in [0.5, 0.6) is 5.75 Å². The molecule has 1 fully saturated rings. The molecule has 0 aliphatic carbocycles. The summed E-state index contributed by atoms with van der Waals surface area (Å²) in [6.45, 7) is 11.2. The monoisotopic (exact) mass is 342 g/mol. The van der Waals surface area contributed by atoms with Gasteiger partial charge in [0.15, 0.2) is 0 Å². The summed E-state index contributed by atoms with van der Waals surface area (Å²) < 4.78 is 8.14. The zero-order valence-corrected chi connectivity index (χ0v) is 15.8. The summed E-state index contributed by atoms with van der Waals surface area (Å²) in [4.78, 5) is 7.00. The quantitative estimate of drug-likeness (QED) is 0.876. The summed E-state index contributed by atoms with van der Waals surface area (Å²) in [5.74, 6) is 2.63. The Morgan fingerprint density at radius 3 is 2.88 bits per heavy atom. The minimum absolute atomic E-state index is 0.308. The molecule has 0 amide bonds. The van der Waals surface area contributed by atoms with Gasteiger partial charge in [0.1, 0.15) is 18.2 Å². The number of piperazine rings is 1. The van der Waals surface area contributed by atoms with Crippen LogP contribution in [0.3, 0.4) is 0 Å². The number of nitrogens with one attached hydrogen (secondary N) is 1. The molecule has 5 nitrogen and oxygen atoms in total. The predicted molar refractivity (Wildman–Crippen MR) is 101 cm³/mol. The normalized spacial score (nSPS) is 18.7. The van der Waals surface area contributed by atoms with Crippen LogP contribution in [0.15, 0.2) is 30.6 Å². The fraction of sp³-hybridized carbons (Fsp3) is 0.550. The number of aryl methyl sites for hydroxylation is 2. The standard InChI is InChI=1S/C20H30N4O/c1-15(2)18-6-5-17(13-16(18)3)25-12-11-24-10-7-21-14-19(24)20-22-8-9-23(20)4/h5-6,8-9,13,15,19,21H,7,10-12,14H2,1-4H3. The summed E-state index contributed by atoms with van der Waals surface area (Å²) in [6, 6.07) is 6.75. The van der Waals surface area contributed by atoms with E-state index < -0.39 is 0 Å². The lowest BCUT2D eigenvalue weighted by molar-refractivity contribution is 0.127. The van der Waals surface area contributed by atoms with E-state index in [1.807, 2.05) is 12.4 Å². The van der Waals surface area contributed by atoms with Gasteiger partial charge in [0.2, 0.25) is 0 Å². The molecule has 136 valence electrons. The van der Waals surface area contributed by atoms with Crippen molar-refractivity contribution in [2.45, 2.75) is 32.7 Å². The molecule has 1 N–H and O–H groups in total. The van der Waals surface area contributed by atoms with Crippen molar-refractivity contribution in [1.29, 1.82) is 0 Å². The minimum Gasteiger partial charge on any atom is -0.492 e. The highest BCUT2D eigenvalue weighted by Crippen LogP contribution is 2.24. The molecule has 1 atom stereocenters. The second-order valence-electron chi connectivity index (χ2n) is 7.17. The zero-order valence-electron chi connectivity index (χ0n) is 15.8. The maximum Gasteiger partial charge on any atom is 0.127 e. The summed E-state index contributed by atoms with van der Waals surface area (Å²) in [5.41, 5.74) is 2.70. The van der Waals surface area contributed by atoms with Crippen LogP contribution in [-0.4, -0.2) is 47.2 Å².